The monoisotopic (exact) mass is 496 g/mol. The average Bonchev–Trinajstić information content (AvgIpc) is 2.68. The first-order valence-electron chi connectivity index (χ1n) is 9.08. The molecule has 0 atom stereocenters. The van der Waals surface area contributed by atoms with Crippen LogP contribution in [-0.2, 0) is 14.8 Å². The van der Waals surface area contributed by atoms with Crippen molar-refractivity contribution in [1.82, 2.24) is 4.31 Å². The highest BCUT2D eigenvalue weighted by molar-refractivity contribution is 7.89. The van der Waals surface area contributed by atoms with Crippen LogP contribution >= 0.6 is 23.2 Å². The highest BCUT2D eigenvalue weighted by Crippen LogP contribution is 2.33. The van der Waals surface area contributed by atoms with Gasteiger partial charge in [0.15, 0.2) is 0 Å². The van der Waals surface area contributed by atoms with Gasteiger partial charge in [0.25, 0.3) is 0 Å². The molecule has 1 heterocycles. The standard InChI is InChI=1S/C19H17Cl2F3N2O4S/c20-15-2-1-3-16(21)17(15)31(28,29)26-10-8-12(9-11-26)18(27)25-13-4-6-14(7-5-13)30-19(22,23)24/h1-7,12H,8-11H2,(H,25,27). The third-order valence-corrected chi connectivity index (χ3v) is 7.55. The summed E-state index contributed by atoms with van der Waals surface area (Å²) in [4.78, 5) is 12.3. The molecule has 2 aromatic carbocycles. The first-order chi connectivity index (χ1) is 14.5. The van der Waals surface area contributed by atoms with Gasteiger partial charge in [0, 0.05) is 24.7 Å². The first kappa shape index (κ1) is 23.6. The lowest BCUT2D eigenvalue weighted by Crippen LogP contribution is -2.41. The summed E-state index contributed by atoms with van der Waals surface area (Å²) in [6.45, 7) is 0.195. The molecule has 1 N–H and O–H groups in total. The Morgan fingerprint density at radius 2 is 1.58 bits per heavy atom. The van der Waals surface area contributed by atoms with Crippen molar-refractivity contribution in [2.75, 3.05) is 18.4 Å². The van der Waals surface area contributed by atoms with E-state index in [4.69, 9.17) is 23.2 Å². The number of ether oxygens (including phenoxy) is 1. The van der Waals surface area contributed by atoms with Gasteiger partial charge in [0.1, 0.15) is 10.6 Å². The average molecular weight is 497 g/mol. The van der Waals surface area contributed by atoms with Crippen molar-refractivity contribution >= 4 is 44.8 Å². The van der Waals surface area contributed by atoms with Crippen molar-refractivity contribution in [1.29, 1.82) is 0 Å². The van der Waals surface area contributed by atoms with E-state index in [2.05, 4.69) is 10.1 Å². The molecule has 12 heteroatoms. The van der Waals surface area contributed by atoms with Crippen LogP contribution in [0.1, 0.15) is 12.8 Å². The van der Waals surface area contributed by atoms with E-state index >= 15 is 0 Å². The summed E-state index contributed by atoms with van der Waals surface area (Å²) in [5, 5.41) is 2.66. The number of piperidine rings is 1. The molecule has 1 saturated heterocycles. The minimum Gasteiger partial charge on any atom is -0.406 e. The second-order valence-corrected chi connectivity index (χ2v) is 9.48. The molecule has 0 aromatic heterocycles. The molecule has 1 amide bonds. The van der Waals surface area contributed by atoms with Crippen molar-refractivity contribution in [3.63, 3.8) is 0 Å². The second kappa shape index (κ2) is 9.23. The summed E-state index contributed by atoms with van der Waals surface area (Å²) in [5.74, 6) is -1.21. The number of amides is 1. The molecule has 3 rings (SSSR count). The molecule has 2 aromatic rings. The summed E-state index contributed by atoms with van der Waals surface area (Å²) in [5.41, 5.74) is 0.303. The number of hydrogen-bond donors (Lipinski definition) is 1. The van der Waals surface area contributed by atoms with Gasteiger partial charge in [0.05, 0.1) is 10.0 Å². The van der Waals surface area contributed by atoms with E-state index in [0.29, 0.717) is 5.69 Å². The Hall–Kier alpha value is -2.01. The number of benzene rings is 2. The molecule has 0 unspecified atom stereocenters. The van der Waals surface area contributed by atoms with Gasteiger partial charge in [-0.05, 0) is 49.2 Å². The van der Waals surface area contributed by atoms with Gasteiger partial charge in [-0.3, -0.25) is 4.79 Å². The van der Waals surface area contributed by atoms with Crippen LogP contribution in [0.15, 0.2) is 47.4 Å². The summed E-state index contributed by atoms with van der Waals surface area (Å²) in [7, 11) is -3.92. The molecule has 31 heavy (non-hydrogen) atoms. The fourth-order valence-electron chi connectivity index (χ4n) is 3.20. The SMILES string of the molecule is O=C(Nc1ccc(OC(F)(F)F)cc1)C1CCN(S(=O)(=O)c2c(Cl)cccc2Cl)CC1. The van der Waals surface area contributed by atoms with Gasteiger partial charge >= 0.3 is 6.36 Å². The Morgan fingerprint density at radius 1 is 1.03 bits per heavy atom. The number of rotatable bonds is 5. The van der Waals surface area contributed by atoms with Crippen molar-refractivity contribution < 1.29 is 31.1 Å². The van der Waals surface area contributed by atoms with Crippen LogP contribution in [0.25, 0.3) is 0 Å². The van der Waals surface area contributed by atoms with E-state index in [1.807, 2.05) is 0 Å². The molecule has 0 radical (unpaired) electrons. The molecule has 6 nitrogen and oxygen atoms in total. The third kappa shape index (κ3) is 5.82. The second-order valence-electron chi connectivity index (χ2n) is 6.79. The Bertz CT molecular complexity index is 1030. The van der Waals surface area contributed by atoms with E-state index in [0.717, 1.165) is 12.1 Å². The quantitative estimate of drug-likeness (QED) is 0.636. The van der Waals surface area contributed by atoms with Crippen LogP contribution in [0, 0.1) is 5.92 Å². The maximum atomic E-state index is 12.9. The highest BCUT2D eigenvalue weighted by atomic mass is 35.5. The van der Waals surface area contributed by atoms with Gasteiger partial charge < -0.3 is 10.1 Å². The van der Waals surface area contributed by atoms with E-state index in [-0.39, 0.29) is 46.8 Å². The van der Waals surface area contributed by atoms with E-state index in [9.17, 15) is 26.4 Å². The Labute approximate surface area is 186 Å². The van der Waals surface area contributed by atoms with Crippen molar-refractivity contribution in [3.05, 3.63) is 52.5 Å². The van der Waals surface area contributed by atoms with Crippen LogP contribution in [0.2, 0.25) is 10.0 Å². The summed E-state index contributed by atoms with van der Waals surface area (Å²) in [6, 6.07) is 9.17. The smallest absolute Gasteiger partial charge is 0.406 e. The summed E-state index contributed by atoms with van der Waals surface area (Å²) in [6.07, 6.45) is -4.27. The lowest BCUT2D eigenvalue weighted by atomic mass is 9.97. The fourth-order valence-corrected chi connectivity index (χ4v) is 5.76. The first-order valence-corrected chi connectivity index (χ1v) is 11.3. The molecular formula is C19H17Cl2F3N2O4S. The van der Waals surface area contributed by atoms with Gasteiger partial charge in [0.2, 0.25) is 15.9 Å². The summed E-state index contributed by atoms with van der Waals surface area (Å²) >= 11 is 12.0. The molecular weight excluding hydrogens is 480 g/mol. The maximum Gasteiger partial charge on any atom is 0.573 e. The predicted molar refractivity (Wildman–Crippen MR) is 110 cm³/mol. The molecule has 0 bridgehead atoms. The van der Waals surface area contributed by atoms with Crippen molar-refractivity contribution in [3.8, 4) is 5.75 Å². The third-order valence-electron chi connectivity index (χ3n) is 4.70. The summed E-state index contributed by atoms with van der Waals surface area (Å²) < 4.78 is 67.4. The molecule has 0 aliphatic carbocycles. The van der Waals surface area contributed by atoms with Gasteiger partial charge in [-0.2, -0.15) is 4.31 Å². The van der Waals surface area contributed by atoms with Crippen LogP contribution in [0.3, 0.4) is 0 Å². The van der Waals surface area contributed by atoms with Crippen molar-refractivity contribution in [2.24, 2.45) is 5.92 Å². The van der Waals surface area contributed by atoms with Gasteiger partial charge in [-0.15, -0.1) is 13.2 Å². The van der Waals surface area contributed by atoms with E-state index in [1.54, 1.807) is 6.07 Å². The zero-order chi connectivity index (χ0) is 22.8. The Kier molecular flexibility index (Phi) is 7.04. The molecule has 1 aliphatic rings. The minimum atomic E-state index is -4.80. The molecule has 1 fully saturated rings. The largest absolute Gasteiger partial charge is 0.573 e. The number of carbonyl (C=O) groups excluding carboxylic acids is 1. The number of carbonyl (C=O) groups is 1. The lowest BCUT2D eigenvalue weighted by Gasteiger charge is -2.31. The molecule has 168 valence electrons. The van der Waals surface area contributed by atoms with Gasteiger partial charge in [-0.25, -0.2) is 8.42 Å². The predicted octanol–water partition coefficient (Wildman–Crippen LogP) is 4.93. The van der Waals surface area contributed by atoms with E-state index < -0.39 is 28.1 Å². The zero-order valence-electron chi connectivity index (χ0n) is 15.8. The van der Waals surface area contributed by atoms with Gasteiger partial charge in [-0.1, -0.05) is 29.3 Å². The number of nitrogens with one attached hydrogen (secondary N) is 1. The number of halogens is 5. The van der Waals surface area contributed by atoms with Crippen LogP contribution in [0.5, 0.6) is 5.75 Å². The normalized spacial score (nSPS) is 16.2. The minimum absolute atomic E-state index is 0.0188. The van der Waals surface area contributed by atoms with Crippen LogP contribution in [-0.4, -0.2) is 38.1 Å². The van der Waals surface area contributed by atoms with Crippen molar-refractivity contribution in [2.45, 2.75) is 24.1 Å². The highest BCUT2D eigenvalue weighted by Gasteiger charge is 2.34. The zero-order valence-corrected chi connectivity index (χ0v) is 18.2. The molecule has 1 aliphatic heterocycles. The fraction of sp³-hybridized carbons (Fsp3) is 0.316. The lowest BCUT2D eigenvalue weighted by molar-refractivity contribution is -0.274. The number of nitrogens with zero attached hydrogens (tertiary/aromatic N) is 1. The number of alkyl halides is 3. The topological polar surface area (TPSA) is 75.7 Å². The number of sulfonamides is 1. The number of hydrogen-bond acceptors (Lipinski definition) is 4. The molecule has 0 spiro atoms. The Balaban J connectivity index is 1.60. The van der Waals surface area contributed by atoms with E-state index in [1.165, 1.54) is 28.6 Å². The van der Waals surface area contributed by atoms with Crippen LogP contribution in [0.4, 0.5) is 18.9 Å². The Morgan fingerprint density at radius 3 is 2.10 bits per heavy atom. The maximum absolute atomic E-state index is 12.9. The number of anilines is 1. The van der Waals surface area contributed by atoms with Crippen LogP contribution < -0.4 is 10.1 Å². The molecule has 0 saturated carbocycles.